The summed E-state index contributed by atoms with van der Waals surface area (Å²) in [6.45, 7) is 2.46. The van der Waals surface area contributed by atoms with E-state index in [4.69, 9.17) is 9.15 Å². The Morgan fingerprint density at radius 2 is 2.24 bits per heavy atom. The molecule has 0 aliphatic carbocycles. The molecule has 2 rings (SSSR count). The van der Waals surface area contributed by atoms with Crippen molar-refractivity contribution >= 4 is 22.6 Å². The number of methoxy groups -OCH3 is 1. The highest BCUT2D eigenvalue weighted by Gasteiger charge is 2.10. The largest absolute Gasteiger partial charge is 0.441 e. The minimum absolute atomic E-state index is 0.245. The molecule has 0 bridgehead atoms. The van der Waals surface area contributed by atoms with Crippen molar-refractivity contribution in [3.8, 4) is 11.3 Å². The van der Waals surface area contributed by atoms with Gasteiger partial charge in [-0.05, 0) is 53.8 Å². The smallest absolute Gasteiger partial charge is 0.194 e. The number of nitrogens with one attached hydrogen (secondary N) is 1. The van der Waals surface area contributed by atoms with Crippen molar-refractivity contribution in [2.75, 3.05) is 26.8 Å². The van der Waals surface area contributed by atoms with Crippen molar-refractivity contribution in [1.29, 1.82) is 0 Å². The van der Waals surface area contributed by atoms with Gasteiger partial charge in [-0.15, -0.1) is 0 Å². The maximum absolute atomic E-state index is 13.1. The van der Waals surface area contributed by atoms with E-state index in [9.17, 15) is 4.39 Å². The Balaban J connectivity index is 1.86. The van der Waals surface area contributed by atoms with E-state index in [1.54, 1.807) is 19.4 Å². The predicted octanol–water partition coefficient (Wildman–Crippen LogP) is 3.25. The summed E-state index contributed by atoms with van der Waals surface area (Å²) in [6, 6.07) is 4.63. The summed E-state index contributed by atoms with van der Waals surface area (Å²) in [5.74, 6) is 1.14. The van der Waals surface area contributed by atoms with Gasteiger partial charge in [0.2, 0.25) is 0 Å². The van der Waals surface area contributed by atoms with Crippen LogP contribution >= 0.6 is 22.6 Å². The number of ether oxygens (including phenoxy) is 1. The summed E-state index contributed by atoms with van der Waals surface area (Å²) in [4.78, 5) is 4.27. The lowest BCUT2D eigenvalue weighted by atomic mass is 10.2. The normalized spacial score (nSPS) is 11.0. The molecule has 1 aromatic heterocycles. The number of halogens is 2. The number of aromatic nitrogens is 1. The van der Waals surface area contributed by atoms with Gasteiger partial charge in [0.1, 0.15) is 5.82 Å². The van der Waals surface area contributed by atoms with Gasteiger partial charge in [0.25, 0.3) is 0 Å². The Morgan fingerprint density at radius 1 is 1.38 bits per heavy atom. The van der Waals surface area contributed by atoms with Crippen molar-refractivity contribution in [1.82, 2.24) is 10.3 Å². The van der Waals surface area contributed by atoms with Crippen LogP contribution < -0.4 is 5.32 Å². The molecule has 6 heteroatoms. The molecule has 0 aliphatic rings. The van der Waals surface area contributed by atoms with Gasteiger partial charge in [-0.1, -0.05) is 0 Å². The van der Waals surface area contributed by atoms with Crippen LogP contribution in [0.1, 0.15) is 12.3 Å². The van der Waals surface area contributed by atoms with Gasteiger partial charge < -0.3 is 14.5 Å². The summed E-state index contributed by atoms with van der Waals surface area (Å²) in [7, 11) is 1.69. The highest BCUT2D eigenvalue weighted by atomic mass is 127. The van der Waals surface area contributed by atoms with Gasteiger partial charge in [-0.3, -0.25) is 0 Å². The highest BCUT2D eigenvalue weighted by Crippen LogP contribution is 2.26. The Bertz CT molecular complexity index is 575. The first-order chi connectivity index (χ1) is 10.2. The first-order valence-electron chi connectivity index (χ1n) is 6.80. The zero-order chi connectivity index (χ0) is 15.1. The molecule has 4 nitrogen and oxygen atoms in total. The van der Waals surface area contributed by atoms with Gasteiger partial charge in [0.15, 0.2) is 11.7 Å². The number of hydrogen-bond donors (Lipinski definition) is 1. The number of benzene rings is 1. The Hall–Kier alpha value is -0.990. The lowest BCUT2D eigenvalue weighted by molar-refractivity contribution is 0.199. The van der Waals surface area contributed by atoms with Crippen LogP contribution in [-0.4, -0.2) is 31.8 Å². The molecule has 21 heavy (non-hydrogen) atoms. The van der Waals surface area contributed by atoms with Crippen LogP contribution in [-0.2, 0) is 11.2 Å². The minimum atomic E-state index is -0.245. The molecule has 0 saturated heterocycles. The third kappa shape index (κ3) is 5.05. The van der Waals surface area contributed by atoms with E-state index < -0.39 is 0 Å². The zero-order valence-corrected chi connectivity index (χ0v) is 14.0. The first kappa shape index (κ1) is 16.4. The molecule has 1 N–H and O–H groups in total. The van der Waals surface area contributed by atoms with Crippen LogP contribution in [0.2, 0.25) is 0 Å². The molecule has 0 amide bonds. The molecular formula is C15H18FIN2O2. The van der Waals surface area contributed by atoms with Crippen molar-refractivity contribution in [3.63, 3.8) is 0 Å². The summed E-state index contributed by atoms with van der Waals surface area (Å²) < 4.78 is 24.6. The van der Waals surface area contributed by atoms with Crippen LogP contribution in [0.3, 0.4) is 0 Å². The monoisotopic (exact) mass is 404 g/mol. The molecule has 114 valence electrons. The Morgan fingerprint density at radius 3 is 3.00 bits per heavy atom. The van der Waals surface area contributed by atoms with Crippen LogP contribution in [0.4, 0.5) is 4.39 Å². The molecule has 0 atom stereocenters. The summed E-state index contributed by atoms with van der Waals surface area (Å²) in [5.41, 5.74) is 0.869. The third-order valence-corrected chi connectivity index (χ3v) is 3.87. The molecule has 0 saturated carbocycles. The molecular weight excluding hydrogens is 386 g/mol. The van der Waals surface area contributed by atoms with Crippen LogP contribution in [0.15, 0.2) is 28.8 Å². The van der Waals surface area contributed by atoms with Crippen LogP contribution in [0.5, 0.6) is 0 Å². The molecule has 1 heterocycles. The molecule has 0 spiro atoms. The average molecular weight is 404 g/mol. The summed E-state index contributed by atoms with van der Waals surface area (Å²) in [5, 5.41) is 3.27. The molecule has 1 aromatic carbocycles. The van der Waals surface area contributed by atoms with E-state index in [2.05, 4.69) is 32.9 Å². The van der Waals surface area contributed by atoms with E-state index >= 15 is 0 Å². The fourth-order valence-corrected chi connectivity index (χ4v) is 2.65. The third-order valence-electron chi connectivity index (χ3n) is 2.98. The fourth-order valence-electron chi connectivity index (χ4n) is 1.90. The van der Waals surface area contributed by atoms with E-state index in [1.807, 2.05) is 0 Å². The van der Waals surface area contributed by atoms with Crippen molar-refractivity contribution in [3.05, 3.63) is 39.7 Å². The predicted molar refractivity (Wildman–Crippen MR) is 87.7 cm³/mol. The number of hydrogen-bond acceptors (Lipinski definition) is 4. The van der Waals surface area contributed by atoms with Crippen LogP contribution in [0.25, 0.3) is 11.3 Å². The molecule has 0 unspecified atom stereocenters. The molecule has 0 radical (unpaired) electrons. The Labute approximate surface area is 137 Å². The number of oxazole rings is 1. The minimum Gasteiger partial charge on any atom is -0.441 e. The van der Waals surface area contributed by atoms with Gasteiger partial charge in [0, 0.05) is 29.2 Å². The summed E-state index contributed by atoms with van der Waals surface area (Å²) >= 11 is 2.10. The zero-order valence-electron chi connectivity index (χ0n) is 11.9. The van der Waals surface area contributed by atoms with E-state index in [1.165, 1.54) is 12.1 Å². The quantitative estimate of drug-likeness (QED) is 0.542. The molecule has 0 aliphatic heterocycles. The van der Waals surface area contributed by atoms with Gasteiger partial charge in [0.05, 0.1) is 12.8 Å². The number of rotatable bonds is 8. The van der Waals surface area contributed by atoms with E-state index in [-0.39, 0.29) is 5.82 Å². The standard InChI is InChI=1S/C15H18FIN2O2/c1-20-8-7-18-6-2-3-15-19-10-14(21-15)12-5-4-11(16)9-13(12)17/h4-5,9-10,18H,2-3,6-8H2,1H3. The van der Waals surface area contributed by atoms with Crippen LogP contribution in [0, 0.1) is 9.39 Å². The SMILES string of the molecule is COCCNCCCc1ncc(-c2ccc(F)cc2I)o1. The maximum atomic E-state index is 13.1. The van der Waals surface area contributed by atoms with Gasteiger partial charge in [-0.2, -0.15) is 0 Å². The lowest BCUT2D eigenvalue weighted by Gasteiger charge is -2.02. The lowest BCUT2D eigenvalue weighted by Crippen LogP contribution is -2.20. The maximum Gasteiger partial charge on any atom is 0.194 e. The molecule has 0 fully saturated rings. The highest BCUT2D eigenvalue weighted by molar-refractivity contribution is 14.1. The number of aryl methyl sites for hydroxylation is 1. The molecule has 2 aromatic rings. The number of nitrogens with zero attached hydrogens (tertiary/aromatic N) is 1. The van der Waals surface area contributed by atoms with E-state index in [0.29, 0.717) is 18.3 Å². The van der Waals surface area contributed by atoms with E-state index in [0.717, 1.165) is 35.1 Å². The topological polar surface area (TPSA) is 47.3 Å². The van der Waals surface area contributed by atoms with Gasteiger partial charge >= 0.3 is 0 Å². The second kappa shape index (κ2) is 8.45. The second-order valence-corrected chi connectivity index (χ2v) is 5.75. The van der Waals surface area contributed by atoms with Crippen molar-refractivity contribution in [2.24, 2.45) is 0 Å². The van der Waals surface area contributed by atoms with Crippen molar-refractivity contribution in [2.45, 2.75) is 12.8 Å². The van der Waals surface area contributed by atoms with Gasteiger partial charge in [-0.25, -0.2) is 9.37 Å². The second-order valence-electron chi connectivity index (χ2n) is 4.59. The Kier molecular flexibility index (Phi) is 6.59. The fraction of sp³-hybridized carbons (Fsp3) is 0.400. The first-order valence-corrected chi connectivity index (χ1v) is 7.88. The summed E-state index contributed by atoms with van der Waals surface area (Å²) in [6.07, 6.45) is 3.42. The average Bonchev–Trinajstić information content (AvgIpc) is 2.91. The van der Waals surface area contributed by atoms with Crippen molar-refractivity contribution < 1.29 is 13.5 Å².